The van der Waals surface area contributed by atoms with Crippen LogP contribution in [0.2, 0.25) is 0 Å². The third-order valence-electron chi connectivity index (χ3n) is 5.77. The van der Waals surface area contributed by atoms with Gasteiger partial charge in [-0.15, -0.1) is 0 Å². The number of hydrogen-bond acceptors (Lipinski definition) is 7. The van der Waals surface area contributed by atoms with Gasteiger partial charge in [-0.2, -0.15) is 0 Å². The molecule has 38 heavy (non-hydrogen) atoms. The van der Waals surface area contributed by atoms with Crippen LogP contribution in [-0.4, -0.2) is 47.0 Å². The lowest BCUT2D eigenvalue weighted by molar-refractivity contribution is -0.143. The Balaban J connectivity index is 2.14. The van der Waals surface area contributed by atoms with E-state index in [2.05, 4.69) is 4.98 Å². The molecule has 0 saturated heterocycles. The molecular weight excluding hydrogens is 484 g/mol. The number of rotatable bonds is 15. The van der Waals surface area contributed by atoms with E-state index in [1.54, 1.807) is 4.90 Å². The van der Waals surface area contributed by atoms with Crippen molar-refractivity contribution in [1.29, 1.82) is 0 Å². The average Bonchev–Trinajstić information content (AvgIpc) is 2.87. The summed E-state index contributed by atoms with van der Waals surface area (Å²) in [4.78, 5) is 42.9. The Hall–Kier alpha value is -3.42. The van der Waals surface area contributed by atoms with Crippen LogP contribution in [0.3, 0.4) is 0 Å². The summed E-state index contributed by atoms with van der Waals surface area (Å²) in [6, 6.07) is 9.71. The van der Waals surface area contributed by atoms with E-state index in [-0.39, 0.29) is 12.5 Å². The first kappa shape index (κ1) is 30.8. The summed E-state index contributed by atoms with van der Waals surface area (Å²) in [5.41, 5.74) is 1.89. The molecule has 8 nitrogen and oxygen atoms in total. The van der Waals surface area contributed by atoms with Gasteiger partial charge in [0.15, 0.2) is 6.29 Å². The number of aldehydes is 1. The molecule has 1 amide bonds. The number of pyridine rings is 1. The number of nitrogens with zero attached hydrogens (tertiary/aromatic N) is 2. The third-order valence-corrected chi connectivity index (χ3v) is 5.77. The largest absolute Gasteiger partial charge is 0.487 e. The summed E-state index contributed by atoms with van der Waals surface area (Å²) in [7, 11) is 0. The summed E-state index contributed by atoms with van der Waals surface area (Å²) < 4.78 is 17.0. The molecule has 0 radical (unpaired) electrons. The maximum Gasteiger partial charge on any atom is 0.410 e. The van der Waals surface area contributed by atoms with Gasteiger partial charge in [0.25, 0.3) is 0 Å². The first-order valence-electron chi connectivity index (χ1n) is 13.4. The number of unbranched alkanes of at least 4 members (excludes halogenated alkanes) is 3. The number of carbonyl (C=O) groups excluding carboxylic acids is 3. The van der Waals surface area contributed by atoms with Gasteiger partial charge in [-0.05, 0) is 52.5 Å². The average molecular weight is 527 g/mol. The molecule has 0 aliphatic rings. The molecule has 0 aliphatic carbocycles. The van der Waals surface area contributed by atoms with Crippen LogP contribution in [-0.2, 0) is 27.4 Å². The Labute approximate surface area is 226 Å². The van der Waals surface area contributed by atoms with Gasteiger partial charge in [0, 0.05) is 30.3 Å². The number of carbonyl (C=O) groups is 3. The summed E-state index contributed by atoms with van der Waals surface area (Å²) in [6.07, 6.45) is 6.05. The Morgan fingerprint density at radius 3 is 2.45 bits per heavy atom. The molecule has 1 aromatic heterocycles. The monoisotopic (exact) mass is 526 g/mol. The molecule has 0 saturated carbocycles. The van der Waals surface area contributed by atoms with Crippen molar-refractivity contribution < 1.29 is 28.6 Å². The third kappa shape index (κ3) is 10.9. The maximum atomic E-state index is 13.1. The fourth-order valence-electron chi connectivity index (χ4n) is 3.74. The molecule has 8 heteroatoms. The normalized spacial score (nSPS) is 11.1. The lowest BCUT2D eigenvalue weighted by Crippen LogP contribution is -2.37. The van der Waals surface area contributed by atoms with Crippen molar-refractivity contribution in [1.82, 2.24) is 9.88 Å². The molecule has 0 bridgehead atoms. The molecule has 208 valence electrons. The van der Waals surface area contributed by atoms with E-state index >= 15 is 0 Å². The van der Waals surface area contributed by atoms with E-state index in [0.29, 0.717) is 61.6 Å². The second-order valence-corrected chi connectivity index (χ2v) is 10.3. The Bertz CT molecular complexity index is 1030. The van der Waals surface area contributed by atoms with Crippen LogP contribution >= 0.6 is 0 Å². The minimum atomic E-state index is -0.675. The molecule has 1 aromatic carbocycles. The van der Waals surface area contributed by atoms with Crippen molar-refractivity contribution in [3.8, 4) is 5.75 Å². The zero-order chi connectivity index (χ0) is 28.0. The van der Waals surface area contributed by atoms with Gasteiger partial charge in [-0.1, -0.05) is 50.1 Å². The van der Waals surface area contributed by atoms with Gasteiger partial charge in [0.05, 0.1) is 18.8 Å². The van der Waals surface area contributed by atoms with Gasteiger partial charge in [-0.3, -0.25) is 14.6 Å². The summed E-state index contributed by atoms with van der Waals surface area (Å²) in [5, 5.41) is 0. The summed E-state index contributed by atoms with van der Waals surface area (Å²) >= 11 is 0. The van der Waals surface area contributed by atoms with Crippen LogP contribution in [0.4, 0.5) is 4.79 Å². The molecule has 0 N–H and O–H groups in total. The predicted molar refractivity (Wildman–Crippen MR) is 146 cm³/mol. The summed E-state index contributed by atoms with van der Waals surface area (Å²) in [6.45, 7) is 10.6. The second kappa shape index (κ2) is 15.7. The smallest absolute Gasteiger partial charge is 0.410 e. The molecule has 0 fully saturated rings. The van der Waals surface area contributed by atoms with E-state index in [0.717, 1.165) is 31.1 Å². The zero-order valence-electron chi connectivity index (χ0n) is 23.5. The SMILES string of the molecule is CCCCOC(=O)CCCCCN(Cc1c(C=O)cnc(C)c1OCc1ccccc1)C(=O)OC(C)(C)C. The highest BCUT2D eigenvalue weighted by Crippen LogP contribution is 2.28. The lowest BCUT2D eigenvalue weighted by atomic mass is 10.1. The van der Waals surface area contributed by atoms with Crippen molar-refractivity contribution in [3.05, 3.63) is 58.9 Å². The fraction of sp³-hybridized carbons (Fsp3) is 0.533. The minimum Gasteiger partial charge on any atom is -0.487 e. The first-order chi connectivity index (χ1) is 18.1. The van der Waals surface area contributed by atoms with Crippen LogP contribution in [0.1, 0.15) is 93.4 Å². The molecule has 0 aliphatic heterocycles. The van der Waals surface area contributed by atoms with Gasteiger partial charge >= 0.3 is 12.1 Å². The van der Waals surface area contributed by atoms with E-state index in [1.165, 1.54) is 6.20 Å². The van der Waals surface area contributed by atoms with Crippen LogP contribution < -0.4 is 4.74 Å². The first-order valence-corrected chi connectivity index (χ1v) is 13.4. The standard InChI is InChI=1S/C30H42N2O6/c1-6-7-18-36-27(34)16-12-9-13-17-32(29(35)38-30(3,4)5)20-26-25(21-33)19-31-23(2)28(26)37-22-24-14-10-8-11-15-24/h8,10-11,14-15,19,21H,6-7,9,12-13,16-18,20,22H2,1-5H3. The maximum absolute atomic E-state index is 13.1. The number of benzene rings is 1. The zero-order valence-corrected chi connectivity index (χ0v) is 23.5. The van der Waals surface area contributed by atoms with Crippen molar-refractivity contribution in [2.45, 2.75) is 91.9 Å². The van der Waals surface area contributed by atoms with Crippen LogP contribution in [0.5, 0.6) is 5.75 Å². The van der Waals surface area contributed by atoms with E-state index in [9.17, 15) is 14.4 Å². The lowest BCUT2D eigenvalue weighted by Gasteiger charge is -2.28. The topological polar surface area (TPSA) is 95.0 Å². The van der Waals surface area contributed by atoms with Crippen LogP contribution in [0, 0.1) is 6.92 Å². The molecule has 0 atom stereocenters. The molecular formula is C30H42N2O6. The second-order valence-electron chi connectivity index (χ2n) is 10.3. The van der Waals surface area contributed by atoms with Gasteiger partial charge in [0.2, 0.25) is 0 Å². The van der Waals surface area contributed by atoms with Crippen LogP contribution in [0.25, 0.3) is 0 Å². The number of hydrogen-bond donors (Lipinski definition) is 0. The fourth-order valence-corrected chi connectivity index (χ4v) is 3.74. The molecule has 0 unspecified atom stereocenters. The Kier molecular flexibility index (Phi) is 12.8. The molecule has 0 spiro atoms. The van der Waals surface area contributed by atoms with E-state index < -0.39 is 11.7 Å². The van der Waals surface area contributed by atoms with Crippen LogP contribution in [0.15, 0.2) is 36.5 Å². The Morgan fingerprint density at radius 1 is 1.05 bits per heavy atom. The van der Waals surface area contributed by atoms with Crippen molar-refractivity contribution >= 4 is 18.3 Å². The quantitative estimate of drug-likeness (QED) is 0.150. The van der Waals surface area contributed by atoms with Crippen molar-refractivity contribution in [2.24, 2.45) is 0 Å². The minimum absolute atomic E-state index is 0.134. The molecule has 2 aromatic rings. The summed E-state index contributed by atoms with van der Waals surface area (Å²) in [5.74, 6) is 0.298. The molecule has 1 heterocycles. The van der Waals surface area contributed by atoms with Gasteiger partial charge in [0.1, 0.15) is 18.0 Å². The van der Waals surface area contributed by atoms with Gasteiger partial charge < -0.3 is 19.1 Å². The predicted octanol–water partition coefficient (Wildman–Crippen LogP) is 6.42. The number of esters is 1. The number of amides is 1. The van der Waals surface area contributed by atoms with Crippen molar-refractivity contribution in [3.63, 3.8) is 0 Å². The highest BCUT2D eigenvalue weighted by molar-refractivity contribution is 5.79. The number of aryl methyl sites for hydroxylation is 1. The number of ether oxygens (including phenoxy) is 3. The van der Waals surface area contributed by atoms with E-state index in [4.69, 9.17) is 14.2 Å². The Morgan fingerprint density at radius 2 is 1.79 bits per heavy atom. The molecule has 2 rings (SSSR count). The van der Waals surface area contributed by atoms with E-state index in [1.807, 2.05) is 65.0 Å². The highest BCUT2D eigenvalue weighted by atomic mass is 16.6. The highest BCUT2D eigenvalue weighted by Gasteiger charge is 2.25. The van der Waals surface area contributed by atoms with Gasteiger partial charge in [-0.25, -0.2) is 4.79 Å². The number of aromatic nitrogens is 1. The van der Waals surface area contributed by atoms with Crippen molar-refractivity contribution in [2.75, 3.05) is 13.2 Å².